The molecule has 0 bridgehead atoms. The number of aryl methyl sites for hydroxylation is 1. The third-order valence-corrected chi connectivity index (χ3v) is 4.08. The molecule has 0 radical (unpaired) electrons. The van der Waals surface area contributed by atoms with Crippen LogP contribution in [-0.4, -0.2) is 17.6 Å². The summed E-state index contributed by atoms with van der Waals surface area (Å²) in [6.07, 6.45) is 5.33. The van der Waals surface area contributed by atoms with Crippen molar-refractivity contribution >= 4 is 10.9 Å². The Bertz CT molecular complexity index is 569. The molecule has 2 nitrogen and oxygen atoms in total. The maximum absolute atomic E-state index is 4.38. The quantitative estimate of drug-likeness (QED) is 0.839. The van der Waals surface area contributed by atoms with E-state index in [0.717, 1.165) is 18.5 Å². The van der Waals surface area contributed by atoms with E-state index in [0.29, 0.717) is 11.5 Å². The van der Waals surface area contributed by atoms with Gasteiger partial charge in [-0.1, -0.05) is 39.8 Å². The highest BCUT2D eigenvalue weighted by molar-refractivity contribution is 5.78. The van der Waals surface area contributed by atoms with E-state index in [1.165, 1.54) is 23.8 Å². The Balaban J connectivity index is 2.04. The number of aromatic nitrogens is 1. The Labute approximate surface area is 129 Å². The van der Waals surface area contributed by atoms with Crippen LogP contribution < -0.4 is 5.32 Å². The molecule has 1 aromatic heterocycles. The lowest BCUT2D eigenvalue weighted by atomic mass is 9.83. The summed E-state index contributed by atoms with van der Waals surface area (Å²) in [6.45, 7) is 10.3. The lowest BCUT2D eigenvalue weighted by molar-refractivity contribution is 0.255. The summed E-state index contributed by atoms with van der Waals surface area (Å²) in [5.74, 6) is 0. The molecule has 0 spiro atoms. The molecular weight excluding hydrogens is 256 g/mol. The van der Waals surface area contributed by atoms with Crippen molar-refractivity contribution < 1.29 is 0 Å². The maximum atomic E-state index is 4.38. The number of benzene rings is 1. The third-order valence-electron chi connectivity index (χ3n) is 4.08. The highest BCUT2D eigenvalue weighted by Gasteiger charge is 2.23. The summed E-state index contributed by atoms with van der Waals surface area (Å²) in [5, 5.41) is 4.94. The normalized spacial score (nSPS) is 13.5. The van der Waals surface area contributed by atoms with Crippen molar-refractivity contribution in [1.29, 1.82) is 0 Å². The van der Waals surface area contributed by atoms with E-state index < -0.39 is 0 Å². The van der Waals surface area contributed by atoms with Crippen molar-refractivity contribution in [3.8, 4) is 0 Å². The Morgan fingerprint density at radius 2 is 2.00 bits per heavy atom. The van der Waals surface area contributed by atoms with E-state index >= 15 is 0 Å². The highest BCUT2D eigenvalue weighted by atomic mass is 14.9. The molecule has 0 fully saturated rings. The summed E-state index contributed by atoms with van der Waals surface area (Å²) >= 11 is 0. The smallest absolute Gasteiger partial charge is 0.0702 e. The van der Waals surface area contributed by atoms with Crippen molar-refractivity contribution in [3.05, 3.63) is 42.1 Å². The summed E-state index contributed by atoms with van der Waals surface area (Å²) in [5.41, 5.74) is 2.79. The molecule has 2 aromatic rings. The first-order chi connectivity index (χ1) is 10.0. The van der Waals surface area contributed by atoms with Crippen LogP contribution in [0, 0.1) is 5.41 Å². The first-order valence-electron chi connectivity index (χ1n) is 8.07. The van der Waals surface area contributed by atoms with Crippen molar-refractivity contribution in [2.45, 2.75) is 53.0 Å². The van der Waals surface area contributed by atoms with Gasteiger partial charge in [-0.3, -0.25) is 4.98 Å². The zero-order valence-electron chi connectivity index (χ0n) is 13.8. The summed E-state index contributed by atoms with van der Waals surface area (Å²) in [4.78, 5) is 4.38. The van der Waals surface area contributed by atoms with Gasteiger partial charge in [0, 0.05) is 17.6 Å². The second-order valence-electron chi connectivity index (χ2n) is 6.94. The monoisotopic (exact) mass is 284 g/mol. The average Bonchev–Trinajstić information content (AvgIpc) is 2.45. The molecule has 114 valence electrons. The fraction of sp³-hybridized carbons (Fsp3) is 0.526. The summed E-state index contributed by atoms with van der Waals surface area (Å²) in [6, 6.07) is 11.3. The van der Waals surface area contributed by atoms with Gasteiger partial charge in [0.05, 0.1) is 5.52 Å². The lowest BCUT2D eigenvalue weighted by Crippen LogP contribution is -2.41. The lowest BCUT2D eigenvalue weighted by Gasteiger charge is -2.32. The van der Waals surface area contributed by atoms with Crippen LogP contribution in [0.1, 0.15) is 46.1 Å². The predicted molar refractivity (Wildman–Crippen MR) is 91.6 cm³/mol. The van der Waals surface area contributed by atoms with Crippen LogP contribution in [0.15, 0.2) is 36.5 Å². The molecule has 1 unspecified atom stereocenters. The van der Waals surface area contributed by atoms with Gasteiger partial charge in [0.1, 0.15) is 0 Å². The number of nitrogens with one attached hydrogen (secondary N) is 1. The molecule has 21 heavy (non-hydrogen) atoms. The molecule has 0 saturated heterocycles. The fourth-order valence-electron chi connectivity index (χ4n) is 2.75. The molecule has 1 heterocycles. The van der Waals surface area contributed by atoms with E-state index in [1.54, 1.807) is 0 Å². The molecule has 1 aromatic carbocycles. The van der Waals surface area contributed by atoms with Gasteiger partial charge in [-0.15, -0.1) is 0 Å². The average molecular weight is 284 g/mol. The van der Waals surface area contributed by atoms with Crippen LogP contribution in [-0.2, 0) is 6.42 Å². The van der Waals surface area contributed by atoms with E-state index in [1.807, 2.05) is 12.3 Å². The Morgan fingerprint density at radius 3 is 2.71 bits per heavy atom. The van der Waals surface area contributed by atoms with Crippen LogP contribution >= 0.6 is 0 Å². The Hall–Kier alpha value is -1.41. The predicted octanol–water partition coefficient (Wildman–Crippen LogP) is 4.58. The van der Waals surface area contributed by atoms with Gasteiger partial charge in [-0.25, -0.2) is 0 Å². The van der Waals surface area contributed by atoms with Crippen LogP contribution in [0.25, 0.3) is 10.9 Å². The fourth-order valence-corrected chi connectivity index (χ4v) is 2.75. The first-order valence-corrected chi connectivity index (χ1v) is 8.07. The highest BCUT2D eigenvalue weighted by Crippen LogP contribution is 2.24. The third kappa shape index (κ3) is 4.53. The van der Waals surface area contributed by atoms with Gasteiger partial charge in [-0.2, -0.15) is 0 Å². The zero-order valence-corrected chi connectivity index (χ0v) is 13.8. The van der Waals surface area contributed by atoms with E-state index in [4.69, 9.17) is 0 Å². The molecule has 0 saturated carbocycles. The first kappa shape index (κ1) is 16.0. The van der Waals surface area contributed by atoms with Crippen LogP contribution in [0.2, 0.25) is 0 Å². The molecular formula is C19H28N2. The van der Waals surface area contributed by atoms with Crippen LogP contribution in [0.5, 0.6) is 0 Å². The molecule has 1 N–H and O–H groups in total. The molecule has 0 aliphatic rings. The zero-order chi connectivity index (χ0) is 15.3. The number of fused-ring (bicyclic) bond motifs is 1. The number of hydrogen-bond donors (Lipinski definition) is 1. The summed E-state index contributed by atoms with van der Waals surface area (Å²) in [7, 11) is 0. The van der Waals surface area contributed by atoms with E-state index in [9.17, 15) is 0 Å². The van der Waals surface area contributed by atoms with Crippen molar-refractivity contribution in [2.24, 2.45) is 5.41 Å². The molecule has 1 atom stereocenters. The number of rotatable bonds is 6. The Morgan fingerprint density at radius 1 is 1.19 bits per heavy atom. The van der Waals surface area contributed by atoms with Crippen molar-refractivity contribution in [3.63, 3.8) is 0 Å². The van der Waals surface area contributed by atoms with Gasteiger partial charge in [0.25, 0.3) is 0 Å². The molecule has 2 rings (SSSR count). The van der Waals surface area contributed by atoms with Crippen molar-refractivity contribution in [1.82, 2.24) is 10.3 Å². The number of hydrogen-bond acceptors (Lipinski definition) is 2. The SMILES string of the molecule is CCCNC(CCc1ccc2ncccc2c1)C(C)(C)C. The van der Waals surface area contributed by atoms with Gasteiger partial charge >= 0.3 is 0 Å². The van der Waals surface area contributed by atoms with Gasteiger partial charge in [0.15, 0.2) is 0 Å². The Kier molecular flexibility index (Phi) is 5.35. The largest absolute Gasteiger partial charge is 0.313 e. The molecule has 0 aliphatic carbocycles. The number of nitrogens with zero attached hydrogens (tertiary/aromatic N) is 1. The second-order valence-corrected chi connectivity index (χ2v) is 6.94. The minimum absolute atomic E-state index is 0.299. The minimum Gasteiger partial charge on any atom is -0.313 e. The maximum Gasteiger partial charge on any atom is 0.0702 e. The standard InChI is InChI=1S/C19H28N2/c1-5-12-21-18(19(2,3)4)11-9-15-8-10-17-16(14-15)7-6-13-20-17/h6-8,10,13-14,18,21H,5,9,11-12H2,1-4H3. The van der Waals surface area contributed by atoms with E-state index in [2.05, 4.69) is 62.3 Å². The molecule has 0 amide bonds. The number of pyridine rings is 1. The molecule has 0 aliphatic heterocycles. The minimum atomic E-state index is 0.299. The molecule has 2 heteroatoms. The van der Waals surface area contributed by atoms with Crippen LogP contribution in [0.4, 0.5) is 0 Å². The van der Waals surface area contributed by atoms with Crippen LogP contribution in [0.3, 0.4) is 0 Å². The van der Waals surface area contributed by atoms with Gasteiger partial charge < -0.3 is 5.32 Å². The van der Waals surface area contributed by atoms with E-state index in [-0.39, 0.29) is 0 Å². The van der Waals surface area contributed by atoms with Gasteiger partial charge in [0.2, 0.25) is 0 Å². The second kappa shape index (κ2) is 7.04. The van der Waals surface area contributed by atoms with Crippen molar-refractivity contribution in [2.75, 3.05) is 6.54 Å². The topological polar surface area (TPSA) is 24.9 Å². The summed E-state index contributed by atoms with van der Waals surface area (Å²) < 4.78 is 0. The van der Waals surface area contributed by atoms with Gasteiger partial charge in [-0.05, 0) is 55.0 Å².